The third kappa shape index (κ3) is 3.57. The second kappa shape index (κ2) is 6.71. The summed E-state index contributed by atoms with van der Waals surface area (Å²) in [5, 5.41) is 3.56. The molecule has 1 saturated heterocycles. The Labute approximate surface area is 116 Å². The molecule has 0 bridgehead atoms. The van der Waals surface area contributed by atoms with E-state index in [1.807, 2.05) is 18.0 Å². The van der Waals surface area contributed by atoms with Crippen LogP contribution < -0.4 is 5.32 Å². The van der Waals surface area contributed by atoms with E-state index < -0.39 is 0 Å². The number of amides is 1. The summed E-state index contributed by atoms with van der Waals surface area (Å²) < 4.78 is 0. The molecule has 1 aromatic rings. The van der Waals surface area contributed by atoms with Crippen molar-refractivity contribution in [2.45, 2.75) is 44.7 Å². The summed E-state index contributed by atoms with van der Waals surface area (Å²) in [5.41, 5.74) is 1.29. The molecular weight excluding hydrogens is 236 g/mol. The van der Waals surface area contributed by atoms with Crippen molar-refractivity contribution < 1.29 is 4.79 Å². The van der Waals surface area contributed by atoms with Crippen molar-refractivity contribution in [3.63, 3.8) is 0 Å². The highest BCUT2D eigenvalue weighted by atomic mass is 16.2. The van der Waals surface area contributed by atoms with Gasteiger partial charge in [-0.3, -0.25) is 10.1 Å². The van der Waals surface area contributed by atoms with E-state index in [1.165, 1.54) is 18.4 Å². The molecule has 0 saturated carbocycles. The van der Waals surface area contributed by atoms with E-state index in [2.05, 4.69) is 36.5 Å². The van der Waals surface area contributed by atoms with Gasteiger partial charge in [0.25, 0.3) is 0 Å². The maximum atomic E-state index is 12.0. The first-order chi connectivity index (χ1) is 9.22. The first kappa shape index (κ1) is 14.1. The molecule has 1 N–H and O–H groups in total. The van der Waals surface area contributed by atoms with Gasteiger partial charge < -0.3 is 4.90 Å². The molecule has 0 aliphatic carbocycles. The van der Waals surface area contributed by atoms with E-state index >= 15 is 0 Å². The lowest BCUT2D eigenvalue weighted by Gasteiger charge is -2.22. The second-order valence-electron chi connectivity index (χ2n) is 5.37. The lowest BCUT2D eigenvalue weighted by molar-refractivity contribution is -0.128. The van der Waals surface area contributed by atoms with Crippen molar-refractivity contribution in [1.82, 2.24) is 10.2 Å². The van der Waals surface area contributed by atoms with E-state index in [0.717, 1.165) is 19.4 Å². The third-order valence-corrected chi connectivity index (χ3v) is 3.88. The Balaban J connectivity index is 2.04. The quantitative estimate of drug-likeness (QED) is 0.853. The lowest BCUT2D eigenvalue weighted by Crippen LogP contribution is -2.39. The fraction of sp³-hybridized carbons (Fsp3) is 0.562. The third-order valence-electron chi connectivity index (χ3n) is 3.88. The molecule has 1 amide bonds. The van der Waals surface area contributed by atoms with Crippen LogP contribution in [0.1, 0.15) is 44.2 Å². The van der Waals surface area contributed by atoms with Crippen LogP contribution in [-0.4, -0.2) is 30.4 Å². The Bertz CT molecular complexity index is 404. The maximum absolute atomic E-state index is 12.0. The van der Waals surface area contributed by atoms with Crippen LogP contribution in [0.15, 0.2) is 30.3 Å². The first-order valence-electron chi connectivity index (χ1n) is 7.28. The molecule has 2 atom stereocenters. The van der Waals surface area contributed by atoms with Gasteiger partial charge in [0.05, 0.1) is 6.04 Å². The Morgan fingerprint density at radius 2 is 2.11 bits per heavy atom. The van der Waals surface area contributed by atoms with Gasteiger partial charge in [0, 0.05) is 19.6 Å². The number of likely N-dealkylation sites (tertiary alicyclic amines) is 1. The van der Waals surface area contributed by atoms with Gasteiger partial charge >= 0.3 is 0 Å². The fourth-order valence-electron chi connectivity index (χ4n) is 2.66. The van der Waals surface area contributed by atoms with Crippen LogP contribution in [0.4, 0.5) is 0 Å². The molecule has 1 aromatic carbocycles. The first-order valence-corrected chi connectivity index (χ1v) is 7.28. The van der Waals surface area contributed by atoms with Crippen LogP contribution in [0.25, 0.3) is 0 Å². The smallest absolute Gasteiger partial charge is 0.239 e. The van der Waals surface area contributed by atoms with Crippen LogP contribution in [0.5, 0.6) is 0 Å². The topological polar surface area (TPSA) is 32.3 Å². The number of carbonyl (C=O) groups is 1. The van der Waals surface area contributed by atoms with Crippen LogP contribution in [-0.2, 0) is 4.79 Å². The molecule has 2 rings (SSSR count). The summed E-state index contributed by atoms with van der Waals surface area (Å²) in [6, 6.07) is 10.8. The van der Waals surface area contributed by atoms with E-state index in [4.69, 9.17) is 0 Å². The Morgan fingerprint density at radius 3 is 2.68 bits per heavy atom. The number of carbonyl (C=O) groups excluding carboxylic acids is 1. The van der Waals surface area contributed by atoms with Crippen molar-refractivity contribution >= 4 is 5.91 Å². The van der Waals surface area contributed by atoms with Gasteiger partial charge in [-0.1, -0.05) is 50.1 Å². The number of nitrogens with zero attached hydrogens (tertiary/aromatic N) is 1. The van der Waals surface area contributed by atoms with Crippen LogP contribution in [0, 0.1) is 0 Å². The van der Waals surface area contributed by atoms with E-state index in [9.17, 15) is 4.79 Å². The summed E-state index contributed by atoms with van der Waals surface area (Å²) in [6.45, 7) is 3.07. The summed E-state index contributed by atoms with van der Waals surface area (Å²) in [5.74, 6) is 0.234. The number of likely N-dealkylation sites (N-methyl/N-ethyl adjacent to an activating group) is 1. The number of benzene rings is 1. The minimum absolute atomic E-state index is 0.00735. The predicted molar refractivity (Wildman–Crippen MR) is 77.9 cm³/mol. The molecule has 1 aliphatic rings. The van der Waals surface area contributed by atoms with Crippen molar-refractivity contribution in [2.24, 2.45) is 0 Å². The normalized spacial score (nSPS) is 20.8. The minimum Gasteiger partial charge on any atom is -0.344 e. The van der Waals surface area contributed by atoms with E-state index in [1.54, 1.807) is 0 Å². The molecule has 2 unspecified atom stereocenters. The molecular formula is C16H24N2O. The van der Waals surface area contributed by atoms with Crippen molar-refractivity contribution in [3.8, 4) is 0 Å². The lowest BCUT2D eigenvalue weighted by atomic mass is 10.00. The molecule has 1 fully saturated rings. The van der Waals surface area contributed by atoms with Crippen LogP contribution >= 0.6 is 0 Å². The van der Waals surface area contributed by atoms with E-state index in [-0.39, 0.29) is 11.9 Å². The van der Waals surface area contributed by atoms with Gasteiger partial charge in [-0.15, -0.1) is 0 Å². The van der Waals surface area contributed by atoms with Crippen LogP contribution in [0.2, 0.25) is 0 Å². The highest BCUT2D eigenvalue weighted by molar-refractivity contribution is 5.83. The largest absolute Gasteiger partial charge is 0.344 e. The zero-order chi connectivity index (χ0) is 13.7. The minimum atomic E-state index is -0.00735. The zero-order valence-electron chi connectivity index (χ0n) is 11.9. The van der Waals surface area contributed by atoms with Gasteiger partial charge in [-0.25, -0.2) is 0 Å². The average Bonchev–Trinajstić information content (AvgIpc) is 2.76. The number of nitrogens with one attached hydrogen (secondary N) is 1. The fourth-order valence-corrected chi connectivity index (χ4v) is 2.66. The molecule has 1 aliphatic heterocycles. The summed E-state index contributed by atoms with van der Waals surface area (Å²) in [7, 11) is 1.88. The van der Waals surface area contributed by atoms with Gasteiger partial charge in [-0.2, -0.15) is 0 Å². The van der Waals surface area contributed by atoms with Gasteiger partial charge in [0.1, 0.15) is 0 Å². The summed E-state index contributed by atoms with van der Waals surface area (Å²) >= 11 is 0. The van der Waals surface area contributed by atoms with Crippen molar-refractivity contribution in [3.05, 3.63) is 35.9 Å². The molecule has 3 heteroatoms. The Morgan fingerprint density at radius 1 is 1.37 bits per heavy atom. The van der Waals surface area contributed by atoms with Gasteiger partial charge in [-0.05, 0) is 18.4 Å². The molecule has 1 heterocycles. The van der Waals surface area contributed by atoms with E-state index in [0.29, 0.717) is 6.04 Å². The predicted octanol–water partition coefficient (Wildman–Crippen LogP) is 2.74. The number of hydrogen-bond donors (Lipinski definition) is 1. The second-order valence-corrected chi connectivity index (χ2v) is 5.37. The zero-order valence-corrected chi connectivity index (χ0v) is 11.9. The molecule has 0 radical (unpaired) electrons. The Hall–Kier alpha value is -1.35. The molecule has 19 heavy (non-hydrogen) atoms. The maximum Gasteiger partial charge on any atom is 0.239 e. The number of hydrogen-bond acceptors (Lipinski definition) is 2. The number of rotatable bonds is 6. The van der Waals surface area contributed by atoms with Gasteiger partial charge in [0.15, 0.2) is 0 Å². The number of unbranched alkanes of at least 4 members (excludes halogenated alkanes) is 1. The van der Waals surface area contributed by atoms with Gasteiger partial charge in [0.2, 0.25) is 5.91 Å². The SMILES string of the molecule is CCCCC(NC1CCN(C)C1=O)c1ccccc1. The molecule has 3 nitrogen and oxygen atoms in total. The highest BCUT2D eigenvalue weighted by Gasteiger charge is 2.30. The average molecular weight is 260 g/mol. The monoisotopic (exact) mass is 260 g/mol. The Kier molecular flexibility index (Phi) is 4.97. The molecule has 0 aromatic heterocycles. The summed E-state index contributed by atoms with van der Waals surface area (Å²) in [6.07, 6.45) is 4.38. The van der Waals surface area contributed by atoms with Crippen LogP contribution in [0.3, 0.4) is 0 Å². The molecule has 0 spiro atoms. The molecule has 104 valence electrons. The van der Waals surface area contributed by atoms with Crippen molar-refractivity contribution in [2.75, 3.05) is 13.6 Å². The van der Waals surface area contributed by atoms with Crippen molar-refractivity contribution in [1.29, 1.82) is 0 Å². The summed E-state index contributed by atoms with van der Waals surface area (Å²) in [4.78, 5) is 13.8. The standard InChI is InChI=1S/C16H24N2O/c1-3-4-10-14(13-8-6-5-7-9-13)17-15-11-12-18(2)16(15)19/h5-9,14-15,17H,3-4,10-12H2,1-2H3. The highest BCUT2D eigenvalue weighted by Crippen LogP contribution is 2.22.